The molecule has 19 heavy (non-hydrogen) atoms. The summed E-state index contributed by atoms with van der Waals surface area (Å²) in [6.45, 7) is 6.02. The van der Waals surface area contributed by atoms with Crippen molar-refractivity contribution in [2.24, 2.45) is 0 Å². The number of unbranched alkanes of at least 4 members (excludes halogenated alkanes) is 9. The average Bonchev–Trinajstić information content (AvgIpc) is 2.39. The van der Waals surface area contributed by atoms with Crippen LogP contribution in [0, 0.1) is 0 Å². The molecule has 0 aromatic carbocycles. The molecule has 0 rings (SSSR count). The average molecular weight is 287 g/mol. The third-order valence-corrected chi connectivity index (χ3v) is 7.09. The molecular weight excluding hydrogens is 246 g/mol. The van der Waals surface area contributed by atoms with Gasteiger partial charge in [0.2, 0.25) is 0 Å². The van der Waals surface area contributed by atoms with Gasteiger partial charge in [-0.2, -0.15) is 0 Å². The van der Waals surface area contributed by atoms with Gasteiger partial charge in [0.15, 0.2) is 0 Å². The Labute approximate surface area is 126 Å². The van der Waals surface area contributed by atoms with E-state index >= 15 is 0 Å². The van der Waals surface area contributed by atoms with Crippen molar-refractivity contribution in [1.82, 2.24) is 0 Å². The van der Waals surface area contributed by atoms with Gasteiger partial charge in [0.25, 0.3) is 0 Å². The van der Waals surface area contributed by atoms with Crippen LogP contribution in [0.5, 0.6) is 0 Å². The van der Waals surface area contributed by atoms with Crippen LogP contribution >= 0.6 is 0 Å². The van der Waals surface area contributed by atoms with Crippen LogP contribution in [-0.2, 0) is 0 Å². The smallest absolute Gasteiger partial charge is 0.0781 e. The van der Waals surface area contributed by atoms with Crippen LogP contribution in [0.3, 0.4) is 0 Å². The molecule has 0 heterocycles. The molecule has 0 bridgehead atoms. The molecule has 2 heteroatoms. The lowest BCUT2D eigenvalue weighted by Gasteiger charge is -2.36. The van der Waals surface area contributed by atoms with Crippen molar-refractivity contribution < 1.29 is 4.48 Å². The van der Waals surface area contributed by atoms with Crippen molar-refractivity contribution in [2.45, 2.75) is 90.1 Å². The van der Waals surface area contributed by atoms with Gasteiger partial charge in [-0.3, -0.25) is 0 Å². The molecule has 0 aliphatic heterocycles. The van der Waals surface area contributed by atoms with Crippen molar-refractivity contribution in [2.75, 3.05) is 20.6 Å². The molecule has 0 aromatic heterocycles. The summed E-state index contributed by atoms with van der Waals surface area (Å²) in [5, 5.41) is 0. The zero-order valence-corrected chi connectivity index (χ0v) is 16.5. The zero-order valence-electron chi connectivity index (χ0n) is 14.5. The Morgan fingerprint density at radius 3 is 1.58 bits per heavy atom. The highest BCUT2D eigenvalue weighted by atomic mass is 28.1. The Kier molecular flexibility index (Phi) is 12.1. The molecule has 0 saturated carbocycles. The van der Waals surface area contributed by atoms with Crippen molar-refractivity contribution in [3.8, 4) is 0 Å². The van der Waals surface area contributed by atoms with E-state index in [4.69, 9.17) is 0 Å². The van der Waals surface area contributed by atoms with Gasteiger partial charge in [0.05, 0.1) is 36.5 Å². The lowest BCUT2D eigenvalue weighted by Crippen LogP contribution is -2.49. The molecule has 0 aliphatic carbocycles. The normalized spacial score (nSPS) is 13.9. The van der Waals surface area contributed by atoms with E-state index in [0.29, 0.717) is 0 Å². The van der Waals surface area contributed by atoms with Gasteiger partial charge >= 0.3 is 0 Å². The molecule has 0 amide bonds. The minimum atomic E-state index is 0.943. The highest BCUT2D eigenvalue weighted by Crippen LogP contribution is 2.13. The highest BCUT2D eigenvalue weighted by molar-refractivity contribution is 6.10. The minimum Gasteiger partial charge on any atom is -0.330 e. The number of nitrogens with zero attached hydrogens (tertiary/aromatic N) is 1. The lowest BCUT2D eigenvalue weighted by atomic mass is 10.1. The van der Waals surface area contributed by atoms with E-state index in [9.17, 15) is 0 Å². The summed E-state index contributed by atoms with van der Waals surface area (Å²) in [5.74, 6) is 0. The summed E-state index contributed by atoms with van der Waals surface area (Å²) in [6, 6.07) is 0. The van der Waals surface area contributed by atoms with Gasteiger partial charge in [-0.15, -0.1) is 0 Å². The van der Waals surface area contributed by atoms with E-state index in [0.717, 1.165) is 5.67 Å². The monoisotopic (exact) mass is 286 g/mol. The summed E-state index contributed by atoms with van der Waals surface area (Å²) < 4.78 is 1.26. The maximum Gasteiger partial charge on any atom is 0.0781 e. The quantitative estimate of drug-likeness (QED) is 0.272. The van der Waals surface area contributed by atoms with Gasteiger partial charge in [-0.1, -0.05) is 65.2 Å². The zero-order chi connectivity index (χ0) is 14.6. The van der Waals surface area contributed by atoms with Crippen LogP contribution in [0.25, 0.3) is 0 Å². The van der Waals surface area contributed by atoms with Crippen molar-refractivity contribution in [1.29, 1.82) is 0 Å². The highest BCUT2D eigenvalue weighted by Gasteiger charge is 2.20. The Bertz CT molecular complexity index is 192. The molecule has 0 fully saturated rings. The van der Waals surface area contributed by atoms with Crippen LogP contribution in [0.1, 0.15) is 84.5 Å². The first-order chi connectivity index (χ1) is 9.04. The van der Waals surface area contributed by atoms with Crippen LogP contribution < -0.4 is 0 Å². The minimum absolute atomic E-state index is 0.943. The molecule has 0 spiro atoms. The third-order valence-electron chi connectivity index (χ3n) is 4.87. The molecule has 1 nitrogen and oxygen atoms in total. The molecule has 0 radical (unpaired) electrons. The molecule has 0 aliphatic rings. The standard InChI is InChI=1S/C17H40NSi/c1-5-7-8-9-10-11-12-13-14-15-16-18(3,4)17(19)6-2/h17H,5-16H2,1-4,19H3/q+1. The fourth-order valence-electron chi connectivity index (χ4n) is 2.72. The summed E-state index contributed by atoms with van der Waals surface area (Å²) in [6.07, 6.45) is 15.9. The first-order valence-corrected chi connectivity index (χ1v) is 10.0. The maximum absolute atomic E-state index is 2.43. The Morgan fingerprint density at radius 1 is 0.737 bits per heavy atom. The second kappa shape index (κ2) is 12.0. The predicted molar refractivity (Wildman–Crippen MR) is 92.8 cm³/mol. The fraction of sp³-hybridized carbons (Fsp3) is 1.00. The molecule has 0 N–H and O–H groups in total. The first-order valence-electron chi connectivity index (χ1n) is 8.87. The summed E-state index contributed by atoms with van der Waals surface area (Å²) in [4.78, 5) is 0. The van der Waals surface area contributed by atoms with Gasteiger partial charge in [0, 0.05) is 0 Å². The molecule has 1 atom stereocenters. The molecular formula is C17H40NSi+. The summed E-state index contributed by atoms with van der Waals surface area (Å²) in [5.41, 5.74) is 0.943. The topological polar surface area (TPSA) is 0 Å². The van der Waals surface area contributed by atoms with E-state index in [1.165, 1.54) is 91.9 Å². The second-order valence-corrected chi connectivity index (χ2v) is 8.27. The SMILES string of the molecule is CCCCCCCCCCCC[N+](C)(C)C([SiH3])CC. The van der Waals surface area contributed by atoms with E-state index in [-0.39, 0.29) is 0 Å². The van der Waals surface area contributed by atoms with E-state index in [2.05, 4.69) is 27.9 Å². The Balaban J connectivity index is 3.31. The maximum atomic E-state index is 2.43. The van der Waals surface area contributed by atoms with Gasteiger partial charge < -0.3 is 4.48 Å². The van der Waals surface area contributed by atoms with Crippen LogP contribution in [0.15, 0.2) is 0 Å². The second-order valence-electron chi connectivity index (χ2n) is 6.94. The summed E-state index contributed by atoms with van der Waals surface area (Å²) in [7, 11) is 6.19. The van der Waals surface area contributed by atoms with Crippen molar-refractivity contribution in [3.05, 3.63) is 0 Å². The predicted octanol–water partition coefficient (Wildman–Crippen LogP) is 4.09. The lowest BCUT2D eigenvalue weighted by molar-refractivity contribution is -0.902. The van der Waals surface area contributed by atoms with Gasteiger partial charge in [-0.25, -0.2) is 0 Å². The number of quaternary nitrogens is 1. The van der Waals surface area contributed by atoms with Gasteiger partial charge in [0.1, 0.15) is 0 Å². The molecule has 0 saturated heterocycles. The van der Waals surface area contributed by atoms with E-state index in [1.54, 1.807) is 0 Å². The molecule has 116 valence electrons. The van der Waals surface area contributed by atoms with E-state index < -0.39 is 0 Å². The van der Waals surface area contributed by atoms with Crippen molar-refractivity contribution >= 4 is 10.2 Å². The Morgan fingerprint density at radius 2 is 1.16 bits per heavy atom. The number of hydrogen-bond donors (Lipinski definition) is 0. The van der Waals surface area contributed by atoms with Crippen LogP contribution in [0.2, 0.25) is 0 Å². The van der Waals surface area contributed by atoms with Gasteiger partial charge in [-0.05, 0) is 19.3 Å². The third kappa shape index (κ3) is 10.6. The number of hydrogen-bond acceptors (Lipinski definition) is 0. The van der Waals surface area contributed by atoms with Crippen LogP contribution in [0.4, 0.5) is 0 Å². The van der Waals surface area contributed by atoms with Crippen molar-refractivity contribution in [3.63, 3.8) is 0 Å². The fourth-order valence-corrected chi connectivity index (χ4v) is 2.98. The largest absolute Gasteiger partial charge is 0.330 e. The first kappa shape index (κ1) is 19.2. The summed E-state index contributed by atoms with van der Waals surface area (Å²) >= 11 is 0. The Hall–Kier alpha value is 0.177. The van der Waals surface area contributed by atoms with E-state index in [1.807, 2.05) is 0 Å². The van der Waals surface area contributed by atoms with Crippen LogP contribution in [-0.4, -0.2) is 41.0 Å². The molecule has 0 aromatic rings. The number of rotatable bonds is 13. The molecule has 1 unspecified atom stereocenters.